The van der Waals surface area contributed by atoms with Gasteiger partial charge in [-0.25, -0.2) is 0 Å². The molecule has 4 heteroatoms. The van der Waals surface area contributed by atoms with Crippen LogP contribution in [0.5, 0.6) is 0 Å². The molecule has 0 spiro atoms. The van der Waals surface area contributed by atoms with Crippen LogP contribution >= 0.6 is 0 Å². The summed E-state index contributed by atoms with van der Waals surface area (Å²) in [4.78, 5) is 10.2. The fraction of sp³-hybridized carbons (Fsp3) is 0.682. The van der Waals surface area contributed by atoms with Crippen molar-refractivity contribution in [2.24, 2.45) is 10.9 Å². The van der Waals surface area contributed by atoms with Crippen molar-refractivity contribution < 1.29 is 0 Å². The summed E-state index contributed by atoms with van der Waals surface area (Å²) in [7, 11) is 0. The van der Waals surface area contributed by atoms with Crippen LogP contribution in [0, 0.1) is 5.92 Å². The van der Waals surface area contributed by atoms with E-state index < -0.39 is 0 Å². The SMILES string of the molecule is CCNC(=NCC1CCN(C2CC2)C1)N1CCC(C)(c2ccccc2)C1. The van der Waals surface area contributed by atoms with Crippen LogP contribution in [-0.2, 0) is 5.41 Å². The summed E-state index contributed by atoms with van der Waals surface area (Å²) in [6.45, 7) is 11.2. The highest BCUT2D eigenvalue weighted by atomic mass is 15.3. The number of hydrogen-bond acceptors (Lipinski definition) is 2. The molecule has 2 heterocycles. The first kappa shape index (κ1) is 17.8. The van der Waals surface area contributed by atoms with Gasteiger partial charge in [-0.15, -0.1) is 0 Å². The van der Waals surface area contributed by atoms with Crippen LogP contribution in [0.4, 0.5) is 0 Å². The van der Waals surface area contributed by atoms with E-state index in [2.05, 4.69) is 59.3 Å². The van der Waals surface area contributed by atoms with Crippen LogP contribution in [0.25, 0.3) is 0 Å². The lowest BCUT2D eigenvalue weighted by Crippen LogP contribution is -2.42. The first-order valence-electron chi connectivity index (χ1n) is 10.5. The predicted octanol–water partition coefficient (Wildman–Crippen LogP) is 3.10. The van der Waals surface area contributed by atoms with Crippen LogP contribution in [-0.4, -0.2) is 61.1 Å². The fourth-order valence-corrected chi connectivity index (χ4v) is 4.64. The number of hydrogen-bond donors (Lipinski definition) is 1. The van der Waals surface area contributed by atoms with Gasteiger partial charge >= 0.3 is 0 Å². The van der Waals surface area contributed by atoms with E-state index in [4.69, 9.17) is 4.99 Å². The Morgan fingerprint density at radius 2 is 2.00 bits per heavy atom. The molecule has 2 atom stereocenters. The van der Waals surface area contributed by atoms with Gasteiger partial charge in [0.05, 0.1) is 0 Å². The lowest BCUT2D eigenvalue weighted by molar-refractivity contribution is 0.315. The lowest BCUT2D eigenvalue weighted by Gasteiger charge is -2.27. The molecule has 1 aromatic carbocycles. The van der Waals surface area contributed by atoms with Crippen LogP contribution < -0.4 is 5.32 Å². The van der Waals surface area contributed by atoms with E-state index in [0.29, 0.717) is 0 Å². The van der Waals surface area contributed by atoms with E-state index in [1.807, 2.05) is 0 Å². The summed E-state index contributed by atoms with van der Waals surface area (Å²) < 4.78 is 0. The van der Waals surface area contributed by atoms with Gasteiger partial charge in [-0.3, -0.25) is 4.99 Å². The van der Waals surface area contributed by atoms with E-state index in [1.165, 1.54) is 44.3 Å². The van der Waals surface area contributed by atoms with Crippen LogP contribution in [0.3, 0.4) is 0 Å². The van der Waals surface area contributed by atoms with Crippen molar-refractivity contribution in [1.29, 1.82) is 0 Å². The Morgan fingerprint density at radius 1 is 1.19 bits per heavy atom. The van der Waals surface area contributed by atoms with E-state index in [9.17, 15) is 0 Å². The number of rotatable bonds is 5. The zero-order valence-electron chi connectivity index (χ0n) is 16.5. The third-order valence-corrected chi connectivity index (χ3v) is 6.46. The number of nitrogens with one attached hydrogen (secondary N) is 1. The highest BCUT2D eigenvalue weighted by molar-refractivity contribution is 5.80. The largest absolute Gasteiger partial charge is 0.357 e. The van der Waals surface area contributed by atoms with Crippen molar-refractivity contribution >= 4 is 5.96 Å². The number of aliphatic imine (C=N–C) groups is 1. The van der Waals surface area contributed by atoms with Gasteiger partial charge in [0.15, 0.2) is 5.96 Å². The van der Waals surface area contributed by atoms with E-state index >= 15 is 0 Å². The minimum atomic E-state index is 0.230. The van der Waals surface area contributed by atoms with Crippen LogP contribution in [0.1, 0.15) is 45.1 Å². The molecule has 0 bridgehead atoms. The highest BCUT2D eigenvalue weighted by Gasteiger charge is 2.37. The maximum atomic E-state index is 5.06. The van der Waals surface area contributed by atoms with Gasteiger partial charge in [0, 0.05) is 44.2 Å². The Labute approximate surface area is 158 Å². The van der Waals surface area contributed by atoms with Crippen LogP contribution in [0.15, 0.2) is 35.3 Å². The zero-order valence-corrected chi connectivity index (χ0v) is 16.5. The summed E-state index contributed by atoms with van der Waals surface area (Å²) in [6, 6.07) is 11.9. The first-order valence-corrected chi connectivity index (χ1v) is 10.5. The minimum Gasteiger partial charge on any atom is -0.357 e. The Morgan fingerprint density at radius 3 is 2.73 bits per heavy atom. The molecule has 2 saturated heterocycles. The number of likely N-dealkylation sites (tertiary alicyclic amines) is 2. The topological polar surface area (TPSA) is 30.9 Å². The molecule has 3 aliphatic rings. The molecule has 0 aromatic heterocycles. The van der Waals surface area contributed by atoms with E-state index in [0.717, 1.165) is 44.1 Å². The average Bonchev–Trinajstić information content (AvgIpc) is 3.27. The quantitative estimate of drug-likeness (QED) is 0.651. The van der Waals surface area contributed by atoms with Crippen molar-refractivity contribution in [2.75, 3.05) is 39.3 Å². The molecule has 26 heavy (non-hydrogen) atoms. The van der Waals surface area contributed by atoms with Gasteiger partial charge in [0.1, 0.15) is 0 Å². The molecular weight excluding hydrogens is 320 g/mol. The Hall–Kier alpha value is -1.55. The maximum absolute atomic E-state index is 5.06. The molecule has 0 amide bonds. The molecule has 1 saturated carbocycles. The van der Waals surface area contributed by atoms with Gasteiger partial charge in [0.2, 0.25) is 0 Å². The van der Waals surface area contributed by atoms with Crippen molar-refractivity contribution in [3.05, 3.63) is 35.9 Å². The van der Waals surface area contributed by atoms with Crippen LogP contribution in [0.2, 0.25) is 0 Å². The summed E-state index contributed by atoms with van der Waals surface area (Å²) in [5.74, 6) is 1.87. The molecular formula is C22H34N4. The third kappa shape index (κ3) is 3.90. The zero-order chi connectivity index (χ0) is 18.0. The molecule has 4 rings (SSSR count). The summed E-state index contributed by atoms with van der Waals surface area (Å²) in [5, 5.41) is 3.55. The Bertz CT molecular complexity index is 624. The van der Waals surface area contributed by atoms with Gasteiger partial charge in [-0.1, -0.05) is 37.3 Å². The standard InChI is InChI=1S/C22H34N4/c1-3-23-21(24-15-18-11-13-25(16-18)20-9-10-20)26-14-12-22(2,17-26)19-7-5-4-6-8-19/h4-8,18,20H,3,9-17H2,1-2H3,(H,23,24). The molecule has 2 aliphatic heterocycles. The maximum Gasteiger partial charge on any atom is 0.193 e. The first-order chi connectivity index (χ1) is 12.7. The smallest absolute Gasteiger partial charge is 0.193 e. The summed E-state index contributed by atoms with van der Waals surface area (Å²) in [5.41, 5.74) is 1.68. The molecule has 3 fully saturated rings. The van der Waals surface area contributed by atoms with Gasteiger partial charge < -0.3 is 15.1 Å². The second kappa shape index (κ2) is 7.59. The third-order valence-electron chi connectivity index (χ3n) is 6.46. The number of nitrogens with zero attached hydrogens (tertiary/aromatic N) is 3. The fourth-order valence-electron chi connectivity index (χ4n) is 4.64. The molecule has 142 valence electrons. The van der Waals surface area contributed by atoms with Gasteiger partial charge in [-0.05, 0) is 50.6 Å². The normalized spacial score (nSPS) is 30.2. The van der Waals surface area contributed by atoms with Gasteiger partial charge in [-0.2, -0.15) is 0 Å². The molecule has 1 aromatic rings. The molecule has 4 nitrogen and oxygen atoms in total. The average molecular weight is 355 g/mol. The minimum absolute atomic E-state index is 0.230. The van der Waals surface area contributed by atoms with Crippen molar-refractivity contribution in [3.8, 4) is 0 Å². The Kier molecular flexibility index (Phi) is 5.21. The van der Waals surface area contributed by atoms with Gasteiger partial charge in [0.25, 0.3) is 0 Å². The second-order valence-corrected chi connectivity index (χ2v) is 8.67. The molecule has 2 unspecified atom stereocenters. The molecule has 0 radical (unpaired) electrons. The monoisotopic (exact) mass is 354 g/mol. The summed E-state index contributed by atoms with van der Waals surface area (Å²) >= 11 is 0. The predicted molar refractivity (Wildman–Crippen MR) is 109 cm³/mol. The summed E-state index contributed by atoms with van der Waals surface area (Å²) in [6.07, 6.45) is 5.36. The van der Waals surface area contributed by atoms with E-state index in [1.54, 1.807) is 0 Å². The lowest BCUT2D eigenvalue weighted by atomic mass is 9.82. The highest BCUT2D eigenvalue weighted by Crippen LogP contribution is 2.34. The van der Waals surface area contributed by atoms with Crippen molar-refractivity contribution in [3.63, 3.8) is 0 Å². The van der Waals surface area contributed by atoms with E-state index in [-0.39, 0.29) is 5.41 Å². The second-order valence-electron chi connectivity index (χ2n) is 8.67. The number of benzene rings is 1. The van der Waals surface area contributed by atoms with Crippen molar-refractivity contribution in [1.82, 2.24) is 15.1 Å². The number of guanidine groups is 1. The molecule has 1 aliphatic carbocycles. The van der Waals surface area contributed by atoms with Crippen molar-refractivity contribution in [2.45, 2.75) is 51.0 Å². The Balaban J connectivity index is 1.38. The molecule has 1 N–H and O–H groups in total.